The van der Waals surface area contributed by atoms with E-state index in [1.54, 1.807) is 0 Å². The van der Waals surface area contributed by atoms with E-state index in [4.69, 9.17) is 0 Å². The molecule has 0 saturated heterocycles. The molecular formula is C13H22N6. The molecule has 19 heavy (non-hydrogen) atoms. The third-order valence-corrected chi connectivity index (χ3v) is 2.96. The highest BCUT2D eigenvalue weighted by Crippen LogP contribution is 2.02. The molecule has 6 heteroatoms. The van der Waals surface area contributed by atoms with Crippen LogP contribution in [0.4, 0.5) is 0 Å². The van der Waals surface area contributed by atoms with E-state index < -0.39 is 0 Å². The number of aromatic nitrogens is 5. The SMILES string of the molecule is CCCNCc1cn(CCn2nc(C)cc2C)nn1. The van der Waals surface area contributed by atoms with E-state index in [9.17, 15) is 0 Å². The molecule has 0 radical (unpaired) electrons. The van der Waals surface area contributed by atoms with Crippen molar-refractivity contribution in [1.29, 1.82) is 0 Å². The maximum absolute atomic E-state index is 4.44. The second-order valence-electron chi connectivity index (χ2n) is 4.80. The fourth-order valence-corrected chi connectivity index (χ4v) is 2.02. The van der Waals surface area contributed by atoms with Crippen LogP contribution in [0, 0.1) is 13.8 Å². The number of hydrogen-bond acceptors (Lipinski definition) is 4. The molecule has 2 aromatic heterocycles. The van der Waals surface area contributed by atoms with Gasteiger partial charge in [-0.1, -0.05) is 12.1 Å². The second-order valence-corrected chi connectivity index (χ2v) is 4.80. The van der Waals surface area contributed by atoms with Gasteiger partial charge >= 0.3 is 0 Å². The zero-order valence-corrected chi connectivity index (χ0v) is 11.9. The van der Waals surface area contributed by atoms with E-state index in [1.165, 1.54) is 5.69 Å². The molecule has 104 valence electrons. The van der Waals surface area contributed by atoms with Gasteiger partial charge in [0.1, 0.15) is 0 Å². The molecule has 2 heterocycles. The average molecular weight is 262 g/mol. The van der Waals surface area contributed by atoms with Crippen LogP contribution in [0.3, 0.4) is 0 Å². The maximum atomic E-state index is 4.44. The number of rotatable bonds is 7. The summed E-state index contributed by atoms with van der Waals surface area (Å²) in [6.07, 6.45) is 3.13. The molecule has 0 fully saturated rings. The Kier molecular flexibility index (Phi) is 4.68. The molecule has 6 nitrogen and oxygen atoms in total. The van der Waals surface area contributed by atoms with Gasteiger partial charge in [-0.3, -0.25) is 9.36 Å². The lowest BCUT2D eigenvalue weighted by atomic mass is 10.4. The van der Waals surface area contributed by atoms with Crippen molar-refractivity contribution in [2.75, 3.05) is 6.54 Å². The summed E-state index contributed by atoms with van der Waals surface area (Å²) in [6.45, 7) is 9.65. The third-order valence-electron chi connectivity index (χ3n) is 2.96. The highest BCUT2D eigenvalue weighted by Gasteiger charge is 2.03. The molecule has 2 aromatic rings. The monoisotopic (exact) mass is 262 g/mol. The van der Waals surface area contributed by atoms with Crippen LogP contribution in [0.15, 0.2) is 12.3 Å². The van der Waals surface area contributed by atoms with E-state index in [1.807, 2.05) is 22.5 Å². The van der Waals surface area contributed by atoms with Crippen LogP contribution in [0.1, 0.15) is 30.4 Å². The van der Waals surface area contributed by atoms with E-state index in [-0.39, 0.29) is 0 Å². The van der Waals surface area contributed by atoms with Crippen molar-refractivity contribution in [2.24, 2.45) is 0 Å². The summed E-state index contributed by atoms with van der Waals surface area (Å²) in [5.74, 6) is 0. The quantitative estimate of drug-likeness (QED) is 0.764. The van der Waals surface area contributed by atoms with Crippen LogP contribution < -0.4 is 5.32 Å². The minimum atomic E-state index is 0.785. The maximum Gasteiger partial charge on any atom is 0.0964 e. The largest absolute Gasteiger partial charge is 0.311 e. The van der Waals surface area contributed by atoms with Crippen molar-refractivity contribution in [3.63, 3.8) is 0 Å². The Labute approximate surface area is 113 Å². The Hall–Kier alpha value is -1.69. The molecule has 0 aliphatic rings. The van der Waals surface area contributed by atoms with Crippen LogP contribution in [0.2, 0.25) is 0 Å². The predicted octanol–water partition coefficient (Wildman–Crippen LogP) is 1.29. The summed E-state index contributed by atoms with van der Waals surface area (Å²) in [5.41, 5.74) is 3.23. The summed E-state index contributed by atoms with van der Waals surface area (Å²) < 4.78 is 3.88. The normalized spacial score (nSPS) is 11.1. The van der Waals surface area contributed by atoms with E-state index in [0.29, 0.717) is 0 Å². The summed E-state index contributed by atoms with van der Waals surface area (Å²) in [5, 5.41) is 16.0. The van der Waals surface area contributed by atoms with E-state index >= 15 is 0 Å². The Balaban J connectivity index is 1.84. The first-order valence-electron chi connectivity index (χ1n) is 6.80. The van der Waals surface area contributed by atoms with Crippen LogP contribution >= 0.6 is 0 Å². The topological polar surface area (TPSA) is 60.6 Å². The van der Waals surface area contributed by atoms with Gasteiger partial charge in [0.05, 0.1) is 24.5 Å². The minimum absolute atomic E-state index is 0.785. The first-order valence-corrected chi connectivity index (χ1v) is 6.80. The molecule has 1 N–H and O–H groups in total. The molecule has 0 saturated carbocycles. The van der Waals surface area contributed by atoms with Gasteiger partial charge in [-0.15, -0.1) is 5.10 Å². The Morgan fingerprint density at radius 3 is 2.79 bits per heavy atom. The summed E-state index contributed by atoms with van der Waals surface area (Å²) in [6, 6.07) is 2.08. The smallest absolute Gasteiger partial charge is 0.0964 e. The number of nitrogens with one attached hydrogen (secondary N) is 1. The van der Waals surface area contributed by atoms with Crippen LogP contribution in [0.25, 0.3) is 0 Å². The first kappa shape index (κ1) is 13.7. The molecular weight excluding hydrogens is 240 g/mol. The fraction of sp³-hybridized carbons (Fsp3) is 0.615. The van der Waals surface area contributed by atoms with Crippen LogP contribution in [-0.2, 0) is 19.6 Å². The van der Waals surface area contributed by atoms with Gasteiger partial charge in [-0.05, 0) is 32.9 Å². The summed E-state index contributed by atoms with van der Waals surface area (Å²) in [7, 11) is 0. The van der Waals surface area contributed by atoms with Gasteiger partial charge in [0.2, 0.25) is 0 Å². The third kappa shape index (κ3) is 3.89. The minimum Gasteiger partial charge on any atom is -0.311 e. The van der Waals surface area contributed by atoms with Crippen LogP contribution in [0.5, 0.6) is 0 Å². The molecule has 0 atom stereocenters. The lowest BCUT2D eigenvalue weighted by Gasteiger charge is -2.03. The number of aryl methyl sites for hydroxylation is 4. The van der Waals surface area contributed by atoms with Crippen molar-refractivity contribution >= 4 is 0 Å². The lowest BCUT2D eigenvalue weighted by molar-refractivity contribution is 0.481. The highest BCUT2D eigenvalue weighted by molar-refractivity contribution is 5.06. The predicted molar refractivity (Wildman–Crippen MR) is 73.7 cm³/mol. The molecule has 2 rings (SSSR count). The summed E-state index contributed by atoms with van der Waals surface area (Å²) in [4.78, 5) is 0. The molecule has 0 spiro atoms. The lowest BCUT2D eigenvalue weighted by Crippen LogP contribution is -2.14. The van der Waals surface area contributed by atoms with Gasteiger partial charge in [0, 0.05) is 18.4 Å². The van der Waals surface area contributed by atoms with Crippen molar-refractivity contribution in [1.82, 2.24) is 30.1 Å². The van der Waals surface area contributed by atoms with Gasteiger partial charge in [0.25, 0.3) is 0 Å². The first-order chi connectivity index (χ1) is 9.19. The highest BCUT2D eigenvalue weighted by atomic mass is 15.4. The Bertz CT molecular complexity index is 513. The van der Waals surface area contributed by atoms with Crippen LogP contribution in [-0.4, -0.2) is 31.3 Å². The van der Waals surface area contributed by atoms with Crippen molar-refractivity contribution in [3.05, 3.63) is 29.3 Å². The molecule has 0 amide bonds. The molecule has 0 aromatic carbocycles. The van der Waals surface area contributed by atoms with Gasteiger partial charge in [0.15, 0.2) is 0 Å². The van der Waals surface area contributed by atoms with Crippen molar-refractivity contribution in [2.45, 2.75) is 46.8 Å². The number of nitrogens with zero attached hydrogens (tertiary/aromatic N) is 5. The number of hydrogen-bond donors (Lipinski definition) is 1. The molecule has 0 bridgehead atoms. The fourth-order valence-electron chi connectivity index (χ4n) is 2.02. The summed E-state index contributed by atoms with van der Waals surface area (Å²) >= 11 is 0. The Morgan fingerprint density at radius 1 is 1.26 bits per heavy atom. The molecule has 0 aliphatic carbocycles. The Morgan fingerprint density at radius 2 is 2.11 bits per heavy atom. The average Bonchev–Trinajstić information content (AvgIpc) is 2.94. The second kappa shape index (κ2) is 6.47. The molecule has 0 unspecified atom stereocenters. The van der Waals surface area contributed by atoms with Gasteiger partial charge in [-0.25, -0.2) is 0 Å². The zero-order chi connectivity index (χ0) is 13.7. The van der Waals surface area contributed by atoms with Crippen molar-refractivity contribution in [3.8, 4) is 0 Å². The van der Waals surface area contributed by atoms with Gasteiger partial charge in [-0.2, -0.15) is 5.10 Å². The van der Waals surface area contributed by atoms with E-state index in [0.717, 1.165) is 44.0 Å². The van der Waals surface area contributed by atoms with Crippen molar-refractivity contribution < 1.29 is 0 Å². The van der Waals surface area contributed by atoms with Gasteiger partial charge < -0.3 is 5.32 Å². The zero-order valence-electron chi connectivity index (χ0n) is 11.9. The standard InChI is InChI=1S/C13H22N6/c1-4-5-14-9-13-10-18(17-15-13)6-7-19-12(3)8-11(2)16-19/h8,10,14H,4-7,9H2,1-3H3. The van der Waals surface area contributed by atoms with E-state index in [2.05, 4.69) is 40.6 Å². The molecule has 0 aliphatic heterocycles.